The third kappa shape index (κ3) is 5.74. The summed E-state index contributed by atoms with van der Waals surface area (Å²) in [5, 5.41) is 9.98. The third-order valence-corrected chi connectivity index (χ3v) is 5.55. The summed E-state index contributed by atoms with van der Waals surface area (Å²) in [6.07, 6.45) is 0. The normalized spacial score (nSPS) is 10.7. The van der Waals surface area contributed by atoms with Gasteiger partial charge >= 0.3 is 0 Å². The van der Waals surface area contributed by atoms with E-state index in [0.717, 1.165) is 28.5 Å². The SMILES string of the molecule is CCOc1ccc(OCC(=O)Nc2cc(C)nn2-c2nc(-c3ccc(OCC)cc3)cs2)cc1. The van der Waals surface area contributed by atoms with Gasteiger partial charge in [-0.25, -0.2) is 4.98 Å². The zero-order valence-corrected chi connectivity index (χ0v) is 20.1. The van der Waals surface area contributed by atoms with Crippen LogP contribution in [0.3, 0.4) is 0 Å². The van der Waals surface area contributed by atoms with E-state index in [-0.39, 0.29) is 12.5 Å². The molecule has 2 heterocycles. The number of aromatic nitrogens is 3. The molecule has 0 aliphatic rings. The maximum Gasteiger partial charge on any atom is 0.263 e. The molecule has 9 heteroatoms. The van der Waals surface area contributed by atoms with Gasteiger partial charge in [0.2, 0.25) is 5.13 Å². The minimum absolute atomic E-state index is 0.131. The highest BCUT2D eigenvalue weighted by Crippen LogP contribution is 2.28. The maximum absolute atomic E-state index is 12.5. The molecule has 0 radical (unpaired) electrons. The van der Waals surface area contributed by atoms with Gasteiger partial charge < -0.3 is 19.5 Å². The molecular formula is C25H26N4O4S. The number of thiazole rings is 1. The molecule has 0 saturated carbocycles. The number of amides is 1. The Bertz CT molecular complexity index is 1230. The zero-order chi connectivity index (χ0) is 23.9. The Labute approximate surface area is 202 Å². The van der Waals surface area contributed by atoms with E-state index in [9.17, 15) is 4.79 Å². The van der Waals surface area contributed by atoms with E-state index >= 15 is 0 Å². The number of rotatable bonds is 10. The van der Waals surface area contributed by atoms with Crippen LogP contribution in [0, 0.1) is 6.92 Å². The Balaban J connectivity index is 1.42. The number of hydrogen-bond acceptors (Lipinski definition) is 7. The number of carbonyl (C=O) groups excluding carboxylic acids is 1. The predicted molar refractivity (Wildman–Crippen MR) is 132 cm³/mol. The van der Waals surface area contributed by atoms with Crippen LogP contribution in [0.2, 0.25) is 0 Å². The van der Waals surface area contributed by atoms with Crippen molar-refractivity contribution in [3.63, 3.8) is 0 Å². The molecule has 0 aliphatic heterocycles. The molecule has 2 aromatic heterocycles. The second kappa shape index (κ2) is 10.8. The summed E-state index contributed by atoms with van der Waals surface area (Å²) >= 11 is 1.45. The van der Waals surface area contributed by atoms with Gasteiger partial charge in [0, 0.05) is 17.0 Å². The second-order valence-corrected chi connectivity index (χ2v) is 8.13. The van der Waals surface area contributed by atoms with Crippen molar-refractivity contribution in [2.45, 2.75) is 20.8 Å². The molecule has 0 unspecified atom stereocenters. The summed E-state index contributed by atoms with van der Waals surface area (Å²) < 4.78 is 18.1. The lowest BCUT2D eigenvalue weighted by atomic mass is 10.2. The number of benzene rings is 2. The van der Waals surface area contributed by atoms with Crippen molar-refractivity contribution in [2.75, 3.05) is 25.1 Å². The Morgan fingerprint density at radius 1 is 0.941 bits per heavy atom. The smallest absolute Gasteiger partial charge is 0.263 e. The van der Waals surface area contributed by atoms with Crippen LogP contribution in [0.1, 0.15) is 19.5 Å². The summed E-state index contributed by atoms with van der Waals surface area (Å²) in [7, 11) is 0. The molecule has 1 N–H and O–H groups in total. The molecule has 4 rings (SSSR count). The molecule has 0 spiro atoms. The standard InChI is InChI=1S/C25H26N4O4S/c1-4-31-19-8-6-18(7-9-19)22-16-34-25(26-22)29-23(14-17(3)28-29)27-24(30)15-33-21-12-10-20(11-13-21)32-5-2/h6-14,16H,4-5,15H2,1-3H3,(H,27,30). The van der Waals surface area contributed by atoms with E-state index in [4.69, 9.17) is 19.2 Å². The van der Waals surface area contributed by atoms with Crippen LogP contribution in [-0.2, 0) is 4.79 Å². The van der Waals surface area contributed by atoms with Crippen molar-refractivity contribution >= 4 is 23.1 Å². The van der Waals surface area contributed by atoms with Crippen molar-refractivity contribution < 1.29 is 19.0 Å². The lowest BCUT2D eigenvalue weighted by Gasteiger charge is -2.09. The fourth-order valence-electron chi connectivity index (χ4n) is 3.24. The van der Waals surface area contributed by atoms with Gasteiger partial charge in [-0.1, -0.05) is 0 Å². The van der Waals surface area contributed by atoms with Gasteiger partial charge in [-0.2, -0.15) is 9.78 Å². The third-order valence-electron chi connectivity index (χ3n) is 4.74. The molecule has 0 bridgehead atoms. The lowest BCUT2D eigenvalue weighted by Crippen LogP contribution is -2.21. The molecule has 0 atom stereocenters. The van der Waals surface area contributed by atoms with Crippen molar-refractivity contribution in [3.05, 3.63) is 65.7 Å². The number of hydrogen-bond donors (Lipinski definition) is 1. The summed E-state index contributed by atoms with van der Waals surface area (Å²) in [6, 6.07) is 16.7. The van der Waals surface area contributed by atoms with Crippen molar-refractivity contribution in [1.29, 1.82) is 0 Å². The first-order chi connectivity index (χ1) is 16.6. The zero-order valence-electron chi connectivity index (χ0n) is 19.3. The number of ether oxygens (including phenoxy) is 3. The second-order valence-electron chi connectivity index (χ2n) is 7.30. The molecule has 1 amide bonds. The topological polar surface area (TPSA) is 87.5 Å². The lowest BCUT2D eigenvalue weighted by molar-refractivity contribution is -0.118. The summed E-state index contributed by atoms with van der Waals surface area (Å²) in [5.74, 6) is 2.40. The predicted octanol–water partition coefficient (Wildman–Crippen LogP) is 5.12. The molecule has 8 nitrogen and oxygen atoms in total. The van der Waals surface area contributed by atoms with Gasteiger partial charge in [0.1, 0.15) is 23.1 Å². The monoisotopic (exact) mass is 478 g/mol. The summed E-state index contributed by atoms with van der Waals surface area (Å²) in [5.41, 5.74) is 2.57. The van der Waals surface area contributed by atoms with Crippen LogP contribution in [-0.4, -0.2) is 40.5 Å². The van der Waals surface area contributed by atoms with E-state index in [1.807, 2.05) is 50.4 Å². The van der Waals surface area contributed by atoms with Crippen LogP contribution in [0.15, 0.2) is 60.0 Å². The minimum Gasteiger partial charge on any atom is -0.494 e. The molecule has 0 fully saturated rings. The van der Waals surface area contributed by atoms with E-state index < -0.39 is 0 Å². The molecule has 34 heavy (non-hydrogen) atoms. The molecule has 4 aromatic rings. The summed E-state index contributed by atoms with van der Waals surface area (Å²) in [4.78, 5) is 17.2. The maximum atomic E-state index is 12.5. The van der Waals surface area contributed by atoms with Crippen LogP contribution >= 0.6 is 11.3 Å². The van der Waals surface area contributed by atoms with E-state index in [1.54, 1.807) is 35.0 Å². The van der Waals surface area contributed by atoms with E-state index in [0.29, 0.717) is 29.9 Å². The van der Waals surface area contributed by atoms with Gasteiger partial charge in [-0.05, 0) is 69.3 Å². The largest absolute Gasteiger partial charge is 0.494 e. The Kier molecular flexibility index (Phi) is 7.44. The molecular weight excluding hydrogens is 452 g/mol. The Hall–Kier alpha value is -3.85. The fraction of sp³-hybridized carbons (Fsp3) is 0.240. The first-order valence-electron chi connectivity index (χ1n) is 11.0. The highest BCUT2D eigenvalue weighted by Gasteiger charge is 2.15. The van der Waals surface area contributed by atoms with Crippen LogP contribution in [0.25, 0.3) is 16.4 Å². The van der Waals surface area contributed by atoms with Crippen LogP contribution in [0.4, 0.5) is 5.82 Å². The average molecular weight is 479 g/mol. The quantitative estimate of drug-likeness (QED) is 0.340. The van der Waals surface area contributed by atoms with Gasteiger partial charge in [0.25, 0.3) is 5.91 Å². The highest BCUT2D eigenvalue weighted by molar-refractivity contribution is 7.12. The molecule has 0 aliphatic carbocycles. The van der Waals surface area contributed by atoms with Gasteiger partial charge in [-0.15, -0.1) is 11.3 Å². The van der Waals surface area contributed by atoms with Gasteiger partial charge in [0.15, 0.2) is 6.61 Å². The Morgan fingerprint density at radius 2 is 1.53 bits per heavy atom. The van der Waals surface area contributed by atoms with Crippen molar-refractivity contribution in [3.8, 4) is 33.6 Å². The summed E-state index contributed by atoms with van der Waals surface area (Å²) in [6.45, 7) is 6.83. The van der Waals surface area contributed by atoms with Crippen molar-refractivity contribution in [1.82, 2.24) is 14.8 Å². The number of aryl methyl sites for hydroxylation is 1. The van der Waals surface area contributed by atoms with E-state index in [1.165, 1.54) is 11.3 Å². The van der Waals surface area contributed by atoms with Crippen molar-refractivity contribution in [2.24, 2.45) is 0 Å². The minimum atomic E-state index is -0.293. The first-order valence-corrected chi connectivity index (χ1v) is 11.8. The molecule has 0 saturated heterocycles. The average Bonchev–Trinajstić information content (AvgIpc) is 3.46. The van der Waals surface area contributed by atoms with Gasteiger partial charge in [0.05, 0.1) is 24.6 Å². The number of nitrogens with zero attached hydrogens (tertiary/aromatic N) is 3. The molecule has 176 valence electrons. The van der Waals surface area contributed by atoms with Gasteiger partial charge in [-0.3, -0.25) is 4.79 Å². The van der Waals surface area contributed by atoms with Crippen LogP contribution in [0.5, 0.6) is 17.2 Å². The van der Waals surface area contributed by atoms with Crippen LogP contribution < -0.4 is 19.5 Å². The van der Waals surface area contributed by atoms with E-state index in [2.05, 4.69) is 10.4 Å². The fourth-order valence-corrected chi connectivity index (χ4v) is 4.04. The highest BCUT2D eigenvalue weighted by atomic mass is 32.1. The number of nitrogens with one attached hydrogen (secondary N) is 1. The number of carbonyl (C=O) groups is 1. The molecule has 2 aromatic carbocycles. The number of anilines is 1. The first kappa shape index (κ1) is 23.3. The Morgan fingerprint density at radius 3 is 2.15 bits per heavy atom.